The molecule has 0 bridgehead atoms. The third-order valence-corrected chi connectivity index (χ3v) is 4.76. The van der Waals surface area contributed by atoms with E-state index < -0.39 is 16.1 Å². The van der Waals surface area contributed by atoms with Gasteiger partial charge in [0, 0.05) is 23.0 Å². The van der Waals surface area contributed by atoms with E-state index in [1.54, 1.807) is 31.2 Å². The van der Waals surface area contributed by atoms with E-state index in [1.807, 2.05) is 0 Å². The summed E-state index contributed by atoms with van der Waals surface area (Å²) in [6, 6.07) is 8.00. The number of benzene rings is 1. The number of H-pyrrole nitrogens is 1. The maximum atomic E-state index is 12.2. The molecule has 0 radical (unpaired) electrons. The molecule has 0 saturated carbocycles. The van der Waals surface area contributed by atoms with Crippen LogP contribution in [-0.2, 0) is 16.6 Å². The molecule has 108 valence electrons. The van der Waals surface area contributed by atoms with Crippen LogP contribution in [-0.4, -0.2) is 18.5 Å². The number of halogens is 1. The Morgan fingerprint density at radius 1 is 1.40 bits per heavy atom. The maximum absolute atomic E-state index is 12.2. The first-order valence-electron chi connectivity index (χ1n) is 5.99. The summed E-state index contributed by atoms with van der Waals surface area (Å²) < 4.78 is 27.0. The number of aliphatic hydroxyl groups is 1. The Balaban J connectivity index is 2.22. The van der Waals surface area contributed by atoms with Crippen molar-refractivity contribution in [2.45, 2.75) is 24.5 Å². The lowest BCUT2D eigenvalue weighted by Crippen LogP contribution is -2.26. The number of aromatic nitrogens is 1. The highest BCUT2D eigenvalue weighted by Crippen LogP contribution is 2.24. The van der Waals surface area contributed by atoms with E-state index in [-0.39, 0.29) is 11.5 Å². The lowest BCUT2D eigenvalue weighted by atomic mass is 10.1. The summed E-state index contributed by atoms with van der Waals surface area (Å²) >= 11 is 6.05. The van der Waals surface area contributed by atoms with Crippen molar-refractivity contribution in [3.63, 3.8) is 0 Å². The average molecular weight is 315 g/mol. The van der Waals surface area contributed by atoms with Gasteiger partial charge in [0.05, 0.1) is 11.5 Å². The quantitative estimate of drug-likeness (QED) is 0.791. The summed E-state index contributed by atoms with van der Waals surface area (Å²) in [7, 11) is -3.66. The van der Waals surface area contributed by atoms with Gasteiger partial charge in [0.15, 0.2) is 0 Å². The molecular formula is C13H15ClN2O3S. The minimum absolute atomic E-state index is 0.0838. The molecule has 1 heterocycles. The van der Waals surface area contributed by atoms with Gasteiger partial charge >= 0.3 is 0 Å². The zero-order valence-corrected chi connectivity index (χ0v) is 12.4. The first kappa shape index (κ1) is 15.1. The molecule has 1 aromatic heterocycles. The number of nitrogens with one attached hydrogen (secondary N) is 2. The van der Waals surface area contributed by atoms with Gasteiger partial charge in [-0.15, -0.1) is 0 Å². The van der Waals surface area contributed by atoms with Crippen LogP contribution in [0.2, 0.25) is 5.02 Å². The molecule has 0 amide bonds. The Hall–Kier alpha value is -1.34. The molecule has 1 unspecified atom stereocenters. The molecule has 0 aliphatic carbocycles. The Labute approximate surface area is 122 Å². The molecule has 1 aromatic carbocycles. The van der Waals surface area contributed by atoms with Crippen LogP contribution < -0.4 is 4.72 Å². The average Bonchev–Trinajstić information content (AvgIpc) is 2.88. The predicted octanol–water partition coefficient (Wildman–Crippen LogP) is 2.20. The van der Waals surface area contributed by atoms with Crippen LogP contribution in [0.4, 0.5) is 0 Å². The fourth-order valence-corrected chi connectivity index (χ4v) is 3.40. The fourth-order valence-electron chi connectivity index (χ4n) is 1.86. The van der Waals surface area contributed by atoms with Crippen LogP contribution in [0.25, 0.3) is 0 Å². The predicted molar refractivity (Wildman–Crippen MR) is 76.9 cm³/mol. The molecule has 0 fully saturated rings. The van der Waals surface area contributed by atoms with Gasteiger partial charge in [-0.2, -0.15) is 0 Å². The van der Waals surface area contributed by atoms with E-state index in [0.29, 0.717) is 16.3 Å². The summed E-state index contributed by atoms with van der Waals surface area (Å²) in [5.74, 6) is 0. The van der Waals surface area contributed by atoms with Gasteiger partial charge in [0.2, 0.25) is 10.0 Å². The lowest BCUT2D eigenvalue weighted by Gasteiger charge is -2.15. The van der Waals surface area contributed by atoms with Crippen LogP contribution in [0.5, 0.6) is 0 Å². The van der Waals surface area contributed by atoms with Crippen molar-refractivity contribution in [1.29, 1.82) is 0 Å². The van der Waals surface area contributed by atoms with E-state index in [2.05, 4.69) is 9.71 Å². The van der Waals surface area contributed by atoms with Crippen LogP contribution in [0, 0.1) is 0 Å². The van der Waals surface area contributed by atoms with Crippen molar-refractivity contribution in [2.24, 2.45) is 0 Å². The molecule has 0 saturated heterocycles. The highest BCUT2D eigenvalue weighted by molar-refractivity contribution is 7.89. The zero-order chi connectivity index (χ0) is 14.8. The Kier molecular flexibility index (Phi) is 4.49. The van der Waals surface area contributed by atoms with Crippen LogP contribution in [0.1, 0.15) is 24.2 Å². The van der Waals surface area contributed by atoms with Gasteiger partial charge in [-0.25, -0.2) is 13.1 Å². The fraction of sp³-hybridized carbons (Fsp3) is 0.231. The number of aromatic amines is 1. The molecule has 2 rings (SSSR count). The van der Waals surface area contributed by atoms with E-state index in [0.717, 1.165) is 0 Å². The number of sulfonamides is 1. The van der Waals surface area contributed by atoms with Crippen LogP contribution in [0.15, 0.2) is 41.4 Å². The largest absolute Gasteiger partial charge is 0.390 e. The zero-order valence-electron chi connectivity index (χ0n) is 10.8. The molecule has 1 atom stereocenters. The molecule has 5 nitrogen and oxygen atoms in total. The normalized spacial score (nSPS) is 13.3. The first-order chi connectivity index (χ1) is 9.44. The highest BCUT2D eigenvalue weighted by Gasteiger charge is 2.20. The van der Waals surface area contributed by atoms with Crippen molar-refractivity contribution in [3.8, 4) is 0 Å². The van der Waals surface area contributed by atoms with Crippen molar-refractivity contribution in [2.75, 3.05) is 0 Å². The number of hydrogen-bond donors (Lipinski definition) is 3. The van der Waals surface area contributed by atoms with Crippen LogP contribution >= 0.6 is 11.6 Å². The van der Waals surface area contributed by atoms with Gasteiger partial charge < -0.3 is 10.1 Å². The van der Waals surface area contributed by atoms with Crippen molar-refractivity contribution < 1.29 is 13.5 Å². The molecule has 7 heteroatoms. The van der Waals surface area contributed by atoms with Gasteiger partial charge in [0.25, 0.3) is 0 Å². The highest BCUT2D eigenvalue weighted by atomic mass is 35.5. The molecule has 0 spiro atoms. The SMILES string of the molecule is CC(NS(=O)(=O)c1c[nH]c(CO)c1)c1ccccc1Cl. The first-order valence-corrected chi connectivity index (χ1v) is 7.85. The summed E-state index contributed by atoms with van der Waals surface area (Å²) in [5, 5.41) is 9.46. The smallest absolute Gasteiger partial charge is 0.242 e. The van der Waals surface area contributed by atoms with E-state index in [1.165, 1.54) is 12.3 Å². The Morgan fingerprint density at radius 3 is 2.70 bits per heavy atom. The molecule has 0 aliphatic rings. The number of aliphatic hydroxyl groups excluding tert-OH is 1. The summed E-state index contributed by atoms with van der Waals surface area (Å²) in [5.41, 5.74) is 1.14. The van der Waals surface area contributed by atoms with Gasteiger partial charge in [0.1, 0.15) is 0 Å². The minimum Gasteiger partial charge on any atom is -0.390 e. The van der Waals surface area contributed by atoms with Gasteiger partial charge in [-0.3, -0.25) is 0 Å². The molecule has 2 aromatic rings. The number of rotatable bonds is 5. The number of hydrogen-bond acceptors (Lipinski definition) is 3. The Bertz CT molecular complexity index is 697. The standard InChI is InChI=1S/C13H15ClN2O3S/c1-9(12-4-2-3-5-13(12)14)16-20(18,19)11-6-10(8-17)15-7-11/h2-7,9,15-17H,8H2,1H3. The molecule has 20 heavy (non-hydrogen) atoms. The van der Waals surface area contributed by atoms with Crippen molar-refractivity contribution in [1.82, 2.24) is 9.71 Å². The molecular weight excluding hydrogens is 300 g/mol. The third-order valence-electron chi connectivity index (χ3n) is 2.90. The Morgan fingerprint density at radius 2 is 2.10 bits per heavy atom. The minimum atomic E-state index is -3.66. The lowest BCUT2D eigenvalue weighted by molar-refractivity contribution is 0.277. The van der Waals surface area contributed by atoms with E-state index in [4.69, 9.17) is 16.7 Å². The second kappa shape index (κ2) is 5.97. The third kappa shape index (κ3) is 3.21. The van der Waals surface area contributed by atoms with Gasteiger partial charge in [-0.1, -0.05) is 29.8 Å². The van der Waals surface area contributed by atoms with Crippen molar-refractivity contribution >= 4 is 21.6 Å². The summed E-state index contributed by atoms with van der Waals surface area (Å²) in [4.78, 5) is 2.77. The second-order valence-corrected chi connectivity index (χ2v) is 6.50. The van der Waals surface area contributed by atoms with Crippen molar-refractivity contribution in [3.05, 3.63) is 52.8 Å². The van der Waals surface area contributed by atoms with E-state index >= 15 is 0 Å². The molecule has 0 aliphatic heterocycles. The summed E-state index contributed by atoms with van der Waals surface area (Å²) in [6.07, 6.45) is 1.34. The molecule has 3 N–H and O–H groups in total. The second-order valence-electron chi connectivity index (χ2n) is 4.38. The topological polar surface area (TPSA) is 82.2 Å². The van der Waals surface area contributed by atoms with E-state index in [9.17, 15) is 8.42 Å². The van der Waals surface area contributed by atoms with Crippen LogP contribution in [0.3, 0.4) is 0 Å². The van der Waals surface area contributed by atoms with Gasteiger partial charge in [-0.05, 0) is 24.6 Å². The maximum Gasteiger partial charge on any atom is 0.242 e. The summed E-state index contributed by atoms with van der Waals surface area (Å²) in [6.45, 7) is 1.48. The monoisotopic (exact) mass is 314 g/mol.